The molecule has 160 valence electrons. The summed E-state index contributed by atoms with van der Waals surface area (Å²) in [5.41, 5.74) is 1.65. The lowest BCUT2D eigenvalue weighted by atomic mass is 9.72. The Bertz CT molecular complexity index is 839. The van der Waals surface area contributed by atoms with E-state index in [1.165, 1.54) is 25.7 Å². The molecule has 1 amide bonds. The maximum Gasteiger partial charge on any atom is 0.254 e. The molecule has 0 spiro atoms. The number of amides is 1. The van der Waals surface area contributed by atoms with Crippen molar-refractivity contribution in [1.82, 2.24) is 20.2 Å². The molecule has 1 aliphatic heterocycles. The molecule has 1 aliphatic carbocycles. The van der Waals surface area contributed by atoms with Gasteiger partial charge in [0.1, 0.15) is 6.29 Å². The van der Waals surface area contributed by atoms with Crippen LogP contribution in [0.25, 0.3) is 0 Å². The van der Waals surface area contributed by atoms with Crippen LogP contribution >= 0.6 is 15.9 Å². The molecule has 2 heterocycles. The highest BCUT2D eigenvalue weighted by atomic mass is 79.9. The van der Waals surface area contributed by atoms with Crippen LogP contribution in [0.5, 0.6) is 0 Å². The number of aldehydes is 1. The van der Waals surface area contributed by atoms with E-state index in [0.717, 1.165) is 35.0 Å². The largest absolute Gasteiger partial charge is 0.348 e. The first kappa shape index (κ1) is 21.2. The fourth-order valence-electron chi connectivity index (χ4n) is 5.00. The fourth-order valence-corrected chi connectivity index (χ4v) is 5.27. The normalized spacial score (nSPS) is 24.8. The summed E-state index contributed by atoms with van der Waals surface area (Å²) in [6.45, 7) is 1.45. The number of imidazole rings is 1. The molecule has 6 nitrogen and oxygen atoms in total. The third-order valence-corrected chi connectivity index (χ3v) is 7.17. The Labute approximate surface area is 186 Å². The first-order valence-electron chi connectivity index (χ1n) is 10.9. The number of H-pyrrole nitrogens is 1. The molecule has 2 fully saturated rings. The van der Waals surface area contributed by atoms with E-state index in [0.29, 0.717) is 24.8 Å². The highest BCUT2D eigenvalue weighted by molar-refractivity contribution is 9.10. The average Bonchev–Trinajstić information content (AvgIpc) is 3.29. The fraction of sp³-hybridized carbons (Fsp3) is 0.522. The average molecular weight is 473 g/mol. The second-order valence-electron chi connectivity index (χ2n) is 8.59. The van der Waals surface area contributed by atoms with E-state index >= 15 is 0 Å². The Morgan fingerprint density at radius 3 is 2.73 bits per heavy atom. The number of aromatic nitrogens is 2. The van der Waals surface area contributed by atoms with Crippen LogP contribution in [0.2, 0.25) is 0 Å². The number of benzene rings is 1. The van der Waals surface area contributed by atoms with Gasteiger partial charge in [0.25, 0.3) is 5.91 Å². The van der Waals surface area contributed by atoms with Crippen LogP contribution in [0, 0.1) is 11.8 Å². The highest BCUT2D eigenvalue weighted by Gasteiger charge is 2.39. The minimum atomic E-state index is -0.292. The van der Waals surface area contributed by atoms with Crippen molar-refractivity contribution in [3.63, 3.8) is 0 Å². The molecule has 1 saturated heterocycles. The third kappa shape index (κ3) is 5.01. The van der Waals surface area contributed by atoms with E-state index < -0.39 is 0 Å². The zero-order valence-electron chi connectivity index (χ0n) is 17.1. The van der Waals surface area contributed by atoms with Gasteiger partial charge in [-0.1, -0.05) is 35.2 Å². The lowest BCUT2D eigenvalue weighted by molar-refractivity contribution is -0.109. The van der Waals surface area contributed by atoms with Crippen molar-refractivity contribution in [2.45, 2.75) is 50.6 Å². The lowest BCUT2D eigenvalue weighted by Gasteiger charge is -2.46. The van der Waals surface area contributed by atoms with Gasteiger partial charge >= 0.3 is 0 Å². The van der Waals surface area contributed by atoms with E-state index in [2.05, 4.69) is 36.1 Å². The van der Waals surface area contributed by atoms with Crippen LogP contribution < -0.4 is 5.32 Å². The monoisotopic (exact) mass is 472 g/mol. The number of hydrogen-bond acceptors (Lipinski definition) is 4. The summed E-state index contributed by atoms with van der Waals surface area (Å²) in [6, 6.07) is 7.41. The molecule has 4 rings (SSSR count). The van der Waals surface area contributed by atoms with Crippen LogP contribution in [-0.4, -0.2) is 52.2 Å². The molecule has 4 atom stereocenters. The van der Waals surface area contributed by atoms with E-state index in [-0.39, 0.29) is 18.0 Å². The molecule has 0 unspecified atom stereocenters. The van der Waals surface area contributed by atoms with Crippen LogP contribution in [0.1, 0.15) is 48.2 Å². The van der Waals surface area contributed by atoms with Crippen LogP contribution in [-0.2, 0) is 11.2 Å². The number of nitrogens with zero attached hydrogens (tertiary/aromatic N) is 2. The summed E-state index contributed by atoms with van der Waals surface area (Å²) in [4.78, 5) is 34.1. The molecule has 2 N–H and O–H groups in total. The second-order valence-corrected chi connectivity index (χ2v) is 9.51. The number of fused-ring (bicyclic) bond motifs is 1. The van der Waals surface area contributed by atoms with E-state index in [1.54, 1.807) is 12.5 Å². The zero-order valence-corrected chi connectivity index (χ0v) is 18.7. The van der Waals surface area contributed by atoms with Gasteiger partial charge in [-0.05, 0) is 48.9 Å². The predicted octanol–water partition coefficient (Wildman–Crippen LogP) is 3.59. The van der Waals surface area contributed by atoms with Gasteiger partial charge in [-0.3, -0.25) is 4.79 Å². The zero-order chi connectivity index (χ0) is 20.9. The van der Waals surface area contributed by atoms with Gasteiger partial charge < -0.3 is 20.0 Å². The summed E-state index contributed by atoms with van der Waals surface area (Å²) in [7, 11) is 0. The SMILES string of the molecule is O=C[C@H](Cc1cnc[nH]1)NC[C@@H]1C[C@H]2CCCC[C@@H]2CN1C(=O)c1ccc(Br)cc1. The van der Waals surface area contributed by atoms with Gasteiger partial charge in [-0.15, -0.1) is 0 Å². The van der Waals surface area contributed by atoms with Gasteiger partial charge in [-0.2, -0.15) is 0 Å². The molecule has 1 aromatic carbocycles. The minimum absolute atomic E-state index is 0.0922. The smallest absolute Gasteiger partial charge is 0.254 e. The molecule has 1 saturated carbocycles. The Hall–Kier alpha value is -1.99. The number of likely N-dealkylation sites (tertiary alicyclic amines) is 1. The van der Waals surface area contributed by atoms with Crippen molar-refractivity contribution >= 4 is 28.1 Å². The highest BCUT2D eigenvalue weighted by Crippen LogP contribution is 2.39. The molecule has 2 aliphatic rings. The summed E-state index contributed by atoms with van der Waals surface area (Å²) in [5.74, 6) is 1.37. The standard InChI is InChI=1S/C23H29BrN4O2/c24-19-7-5-16(6-8-19)23(30)28-13-18-4-2-1-3-17(18)9-22(28)12-26-21(14-29)10-20-11-25-15-27-20/h5-8,11,14-15,17-18,21-22,26H,1-4,9-10,12-13H2,(H,25,27)/t17-,18-,21+,22+/m1/s1. The first-order valence-corrected chi connectivity index (χ1v) is 11.7. The molecular formula is C23H29BrN4O2. The van der Waals surface area contributed by atoms with Gasteiger partial charge in [0.2, 0.25) is 0 Å². The summed E-state index contributed by atoms with van der Waals surface area (Å²) >= 11 is 3.45. The Morgan fingerprint density at radius 2 is 2.03 bits per heavy atom. The third-order valence-electron chi connectivity index (χ3n) is 6.64. The van der Waals surface area contributed by atoms with Gasteiger partial charge in [0.05, 0.1) is 12.4 Å². The molecule has 2 aromatic rings. The topological polar surface area (TPSA) is 78.1 Å². The van der Waals surface area contributed by atoms with Gasteiger partial charge in [0, 0.05) is 47.5 Å². The van der Waals surface area contributed by atoms with Crippen molar-refractivity contribution in [2.75, 3.05) is 13.1 Å². The number of nitrogens with one attached hydrogen (secondary N) is 2. The van der Waals surface area contributed by atoms with Gasteiger partial charge in [-0.25, -0.2) is 4.98 Å². The minimum Gasteiger partial charge on any atom is -0.348 e. The number of rotatable bonds is 7. The predicted molar refractivity (Wildman–Crippen MR) is 119 cm³/mol. The van der Waals surface area contributed by atoms with Crippen molar-refractivity contribution in [3.05, 3.63) is 52.5 Å². The summed E-state index contributed by atoms with van der Waals surface area (Å²) < 4.78 is 0.968. The van der Waals surface area contributed by atoms with Crippen molar-refractivity contribution < 1.29 is 9.59 Å². The molecule has 7 heteroatoms. The van der Waals surface area contributed by atoms with E-state index in [1.807, 2.05) is 24.3 Å². The van der Waals surface area contributed by atoms with Gasteiger partial charge in [0.15, 0.2) is 0 Å². The van der Waals surface area contributed by atoms with Crippen LogP contribution in [0.3, 0.4) is 0 Å². The molecule has 0 bridgehead atoms. The summed E-state index contributed by atoms with van der Waals surface area (Å²) in [6.07, 6.45) is 10.9. The number of piperidine rings is 1. The number of aromatic amines is 1. The summed E-state index contributed by atoms with van der Waals surface area (Å²) in [5, 5.41) is 3.40. The number of carbonyl (C=O) groups is 2. The van der Waals surface area contributed by atoms with Crippen molar-refractivity contribution in [1.29, 1.82) is 0 Å². The quantitative estimate of drug-likeness (QED) is 0.603. The number of hydrogen-bond donors (Lipinski definition) is 2. The Kier molecular flexibility index (Phi) is 7.00. The lowest BCUT2D eigenvalue weighted by Crippen LogP contribution is -2.55. The number of carbonyl (C=O) groups excluding carboxylic acids is 2. The molecule has 1 aromatic heterocycles. The Balaban J connectivity index is 1.47. The van der Waals surface area contributed by atoms with E-state index in [4.69, 9.17) is 0 Å². The number of halogens is 1. The van der Waals surface area contributed by atoms with Crippen LogP contribution in [0.15, 0.2) is 41.3 Å². The maximum atomic E-state index is 13.4. The first-order chi connectivity index (χ1) is 14.6. The second kappa shape index (κ2) is 9.88. The Morgan fingerprint density at radius 1 is 1.27 bits per heavy atom. The van der Waals surface area contributed by atoms with Crippen molar-refractivity contribution in [3.8, 4) is 0 Å². The maximum absolute atomic E-state index is 13.4. The molecular weight excluding hydrogens is 444 g/mol. The van der Waals surface area contributed by atoms with Crippen LogP contribution in [0.4, 0.5) is 0 Å². The molecule has 0 radical (unpaired) electrons. The molecule has 30 heavy (non-hydrogen) atoms. The van der Waals surface area contributed by atoms with E-state index in [9.17, 15) is 9.59 Å². The van der Waals surface area contributed by atoms with Crippen molar-refractivity contribution in [2.24, 2.45) is 11.8 Å².